The van der Waals surface area contributed by atoms with Crippen LogP contribution in [0.3, 0.4) is 0 Å². The largest absolute Gasteiger partial charge is 0.504 e. The van der Waals surface area contributed by atoms with E-state index in [0.29, 0.717) is 28.0 Å². The molecular weight excluding hydrogens is 364 g/mol. The van der Waals surface area contributed by atoms with Crippen LogP contribution in [-0.4, -0.2) is 21.8 Å². The van der Waals surface area contributed by atoms with E-state index in [1.54, 1.807) is 41.0 Å². The minimum Gasteiger partial charge on any atom is -0.504 e. The molecule has 0 aliphatic heterocycles. The molecule has 0 unspecified atom stereocenters. The van der Waals surface area contributed by atoms with Crippen LogP contribution >= 0.6 is 0 Å². The maximum atomic E-state index is 13.2. The van der Waals surface area contributed by atoms with Crippen molar-refractivity contribution >= 4 is 23.1 Å². The van der Waals surface area contributed by atoms with E-state index in [4.69, 9.17) is 4.74 Å². The number of ether oxygens (including phenoxy) is 1. The highest BCUT2D eigenvalue weighted by molar-refractivity contribution is 5.80. The fourth-order valence-electron chi connectivity index (χ4n) is 3.21. The van der Waals surface area contributed by atoms with Crippen LogP contribution in [0.15, 0.2) is 71.5 Å². The van der Waals surface area contributed by atoms with Gasteiger partial charge in [0.15, 0.2) is 11.5 Å². The van der Waals surface area contributed by atoms with Gasteiger partial charge in [0.2, 0.25) is 0 Å². The Balaban J connectivity index is 1.92. The van der Waals surface area contributed by atoms with Gasteiger partial charge in [-0.1, -0.05) is 42.0 Å². The van der Waals surface area contributed by atoms with Gasteiger partial charge >= 0.3 is 0 Å². The van der Waals surface area contributed by atoms with Crippen molar-refractivity contribution in [2.24, 2.45) is 0 Å². The smallest absolute Gasteiger partial charge is 0.266 e. The number of fused-ring (bicyclic) bond motifs is 1. The van der Waals surface area contributed by atoms with Crippen molar-refractivity contribution in [3.63, 3.8) is 0 Å². The Kier molecular flexibility index (Phi) is 4.87. The Morgan fingerprint density at radius 2 is 1.72 bits per heavy atom. The molecule has 1 heterocycles. The number of aromatic hydroxyl groups is 1. The van der Waals surface area contributed by atoms with Crippen LogP contribution in [0.4, 0.5) is 0 Å². The molecule has 0 radical (unpaired) electrons. The minimum absolute atomic E-state index is 0.0382. The minimum atomic E-state index is -0.144. The zero-order valence-corrected chi connectivity index (χ0v) is 16.2. The Morgan fingerprint density at radius 3 is 2.48 bits per heavy atom. The maximum absolute atomic E-state index is 13.2. The molecule has 4 rings (SSSR count). The lowest BCUT2D eigenvalue weighted by Gasteiger charge is -2.12. The molecule has 5 heteroatoms. The summed E-state index contributed by atoms with van der Waals surface area (Å²) in [6.07, 6.45) is 3.45. The third kappa shape index (κ3) is 3.50. The molecule has 3 aromatic carbocycles. The monoisotopic (exact) mass is 384 g/mol. The molecule has 1 aromatic heterocycles. The number of phenolic OH excluding ortho intramolecular Hbond substituents is 1. The van der Waals surface area contributed by atoms with Gasteiger partial charge in [-0.05, 0) is 49.4 Å². The first kappa shape index (κ1) is 18.5. The highest BCUT2D eigenvalue weighted by Crippen LogP contribution is 2.30. The van der Waals surface area contributed by atoms with Gasteiger partial charge in [0.05, 0.1) is 23.7 Å². The SMILES string of the molecule is COc1cccc(/C=C/c2nc3ccccc3c(=O)n2-c2ccc(C)cc2)c1O. The molecule has 0 bridgehead atoms. The normalized spacial score (nSPS) is 11.2. The zero-order valence-electron chi connectivity index (χ0n) is 16.2. The summed E-state index contributed by atoms with van der Waals surface area (Å²) in [5, 5.41) is 10.9. The Bertz CT molecular complexity index is 1270. The van der Waals surface area contributed by atoms with Crippen molar-refractivity contribution in [1.82, 2.24) is 9.55 Å². The van der Waals surface area contributed by atoms with Gasteiger partial charge < -0.3 is 9.84 Å². The van der Waals surface area contributed by atoms with Crippen molar-refractivity contribution in [3.8, 4) is 17.2 Å². The van der Waals surface area contributed by atoms with Gasteiger partial charge in [-0.25, -0.2) is 4.98 Å². The Hall–Kier alpha value is -3.86. The maximum Gasteiger partial charge on any atom is 0.266 e. The van der Waals surface area contributed by atoms with Crippen LogP contribution in [0.2, 0.25) is 0 Å². The molecule has 0 saturated carbocycles. The van der Waals surface area contributed by atoms with E-state index in [1.807, 2.05) is 49.4 Å². The molecule has 0 amide bonds. The van der Waals surface area contributed by atoms with E-state index < -0.39 is 0 Å². The highest BCUT2D eigenvalue weighted by Gasteiger charge is 2.11. The fraction of sp³-hybridized carbons (Fsp3) is 0.0833. The second-order valence-electron chi connectivity index (χ2n) is 6.69. The molecule has 29 heavy (non-hydrogen) atoms. The molecule has 0 fully saturated rings. The van der Waals surface area contributed by atoms with Gasteiger partial charge in [-0.3, -0.25) is 9.36 Å². The van der Waals surface area contributed by atoms with E-state index in [2.05, 4.69) is 4.98 Å². The predicted octanol–water partition coefficient (Wildman–Crippen LogP) is 4.58. The molecule has 144 valence electrons. The first-order valence-corrected chi connectivity index (χ1v) is 9.21. The van der Waals surface area contributed by atoms with Crippen molar-refractivity contribution in [3.05, 3.63) is 94.0 Å². The molecule has 0 aliphatic carbocycles. The predicted molar refractivity (Wildman–Crippen MR) is 116 cm³/mol. The van der Waals surface area contributed by atoms with Crippen molar-refractivity contribution in [2.75, 3.05) is 7.11 Å². The van der Waals surface area contributed by atoms with E-state index in [9.17, 15) is 9.90 Å². The number of aromatic nitrogens is 2. The average Bonchev–Trinajstić information content (AvgIpc) is 2.74. The van der Waals surface area contributed by atoms with E-state index in [-0.39, 0.29) is 11.3 Å². The topological polar surface area (TPSA) is 64.3 Å². The van der Waals surface area contributed by atoms with Crippen LogP contribution in [-0.2, 0) is 0 Å². The van der Waals surface area contributed by atoms with Gasteiger partial charge in [0, 0.05) is 5.56 Å². The summed E-state index contributed by atoms with van der Waals surface area (Å²) in [6, 6.07) is 20.2. The lowest BCUT2D eigenvalue weighted by atomic mass is 10.1. The number of phenols is 1. The summed E-state index contributed by atoms with van der Waals surface area (Å²) in [5.41, 5.74) is 2.88. The van der Waals surface area contributed by atoms with E-state index >= 15 is 0 Å². The molecular formula is C24H20N2O3. The van der Waals surface area contributed by atoms with E-state index in [1.165, 1.54) is 7.11 Å². The number of hydrogen-bond donors (Lipinski definition) is 1. The summed E-state index contributed by atoms with van der Waals surface area (Å²) in [7, 11) is 1.50. The summed E-state index contributed by atoms with van der Waals surface area (Å²) in [5.74, 6) is 0.894. The number of nitrogens with zero attached hydrogens (tertiary/aromatic N) is 2. The molecule has 0 saturated heterocycles. The second-order valence-corrected chi connectivity index (χ2v) is 6.69. The zero-order chi connectivity index (χ0) is 20.4. The third-order valence-electron chi connectivity index (χ3n) is 4.76. The van der Waals surface area contributed by atoms with Crippen molar-refractivity contribution < 1.29 is 9.84 Å². The van der Waals surface area contributed by atoms with Gasteiger partial charge in [0.1, 0.15) is 5.82 Å². The van der Waals surface area contributed by atoms with Crippen LogP contribution in [0.5, 0.6) is 11.5 Å². The first-order chi connectivity index (χ1) is 14.1. The highest BCUT2D eigenvalue weighted by atomic mass is 16.5. The fourth-order valence-corrected chi connectivity index (χ4v) is 3.21. The van der Waals surface area contributed by atoms with E-state index in [0.717, 1.165) is 11.3 Å². The summed E-state index contributed by atoms with van der Waals surface area (Å²) in [4.78, 5) is 17.9. The summed E-state index contributed by atoms with van der Waals surface area (Å²) in [6.45, 7) is 2.00. The lowest BCUT2D eigenvalue weighted by molar-refractivity contribution is 0.373. The lowest BCUT2D eigenvalue weighted by Crippen LogP contribution is -2.22. The van der Waals surface area contributed by atoms with Crippen molar-refractivity contribution in [2.45, 2.75) is 6.92 Å². The summed E-state index contributed by atoms with van der Waals surface area (Å²) >= 11 is 0. The quantitative estimate of drug-likeness (QED) is 0.559. The number of aryl methyl sites for hydroxylation is 1. The molecule has 0 atom stereocenters. The number of hydrogen-bond acceptors (Lipinski definition) is 4. The number of para-hydroxylation sites is 2. The van der Waals surface area contributed by atoms with Gasteiger partial charge in [0.25, 0.3) is 5.56 Å². The van der Waals surface area contributed by atoms with Gasteiger partial charge in [-0.15, -0.1) is 0 Å². The van der Waals surface area contributed by atoms with Crippen LogP contribution in [0.1, 0.15) is 17.0 Å². The second kappa shape index (κ2) is 7.64. The van der Waals surface area contributed by atoms with Gasteiger partial charge in [-0.2, -0.15) is 0 Å². The van der Waals surface area contributed by atoms with Crippen molar-refractivity contribution in [1.29, 1.82) is 0 Å². The van der Waals surface area contributed by atoms with Crippen LogP contribution in [0, 0.1) is 6.92 Å². The average molecular weight is 384 g/mol. The third-order valence-corrected chi connectivity index (χ3v) is 4.76. The first-order valence-electron chi connectivity index (χ1n) is 9.21. The van der Waals surface area contributed by atoms with Crippen LogP contribution in [0.25, 0.3) is 28.7 Å². The molecule has 0 spiro atoms. The molecule has 1 N–H and O–H groups in total. The Morgan fingerprint density at radius 1 is 0.966 bits per heavy atom. The number of rotatable bonds is 4. The standard InChI is InChI=1S/C24H20N2O3/c1-16-10-13-18(14-11-16)26-22(25-20-8-4-3-7-19(20)24(26)28)15-12-17-6-5-9-21(29-2)23(17)27/h3-15,27H,1-2H3/b15-12+. The molecule has 0 aliphatic rings. The molecule has 5 nitrogen and oxygen atoms in total. The summed E-state index contributed by atoms with van der Waals surface area (Å²) < 4.78 is 6.74. The molecule has 4 aromatic rings. The Labute approximate surface area is 168 Å². The van der Waals surface area contributed by atoms with Crippen LogP contribution < -0.4 is 10.3 Å². The number of benzene rings is 3. The number of methoxy groups -OCH3 is 1.